The standard InChI is InChI=1S/C13H14N4O/c1-3-12-14-10-6-4-5-7-11(10)17(12)8-13-16-15-9(2)18-13/h4-7H,3,8H2,1-2H3. The first-order chi connectivity index (χ1) is 8.78. The van der Waals surface area contributed by atoms with Crippen molar-refractivity contribution in [1.82, 2.24) is 19.7 Å². The van der Waals surface area contributed by atoms with Crippen molar-refractivity contribution < 1.29 is 4.42 Å². The van der Waals surface area contributed by atoms with E-state index in [4.69, 9.17) is 4.42 Å². The van der Waals surface area contributed by atoms with Crippen LogP contribution in [0.4, 0.5) is 0 Å². The lowest BCUT2D eigenvalue weighted by Gasteiger charge is -2.04. The van der Waals surface area contributed by atoms with Crippen LogP contribution in [0.15, 0.2) is 28.7 Å². The van der Waals surface area contributed by atoms with E-state index in [1.807, 2.05) is 18.2 Å². The lowest BCUT2D eigenvalue weighted by Crippen LogP contribution is -2.04. The van der Waals surface area contributed by atoms with E-state index < -0.39 is 0 Å². The molecule has 1 aromatic carbocycles. The third-order valence-electron chi connectivity index (χ3n) is 2.91. The van der Waals surface area contributed by atoms with Crippen LogP contribution in [0.3, 0.4) is 0 Å². The quantitative estimate of drug-likeness (QED) is 0.707. The van der Waals surface area contributed by atoms with E-state index in [0.29, 0.717) is 18.3 Å². The second-order valence-corrected chi connectivity index (χ2v) is 4.17. The fourth-order valence-electron chi connectivity index (χ4n) is 2.11. The fourth-order valence-corrected chi connectivity index (χ4v) is 2.11. The van der Waals surface area contributed by atoms with Crippen molar-refractivity contribution in [2.45, 2.75) is 26.8 Å². The van der Waals surface area contributed by atoms with E-state index in [1.54, 1.807) is 6.92 Å². The molecule has 0 aliphatic rings. The van der Waals surface area contributed by atoms with Crippen LogP contribution in [0, 0.1) is 6.92 Å². The average molecular weight is 242 g/mol. The molecule has 0 aliphatic heterocycles. The Morgan fingerprint density at radius 1 is 1.22 bits per heavy atom. The number of benzene rings is 1. The van der Waals surface area contributed by atoms with Crippen LogP contribution in [0.5, 0.6) is 0 Å². The molecule has 5 heteroatoms. The summed E-state index contributed by atoms with van der Waals surface area (Å²) in [5.41, 5.74) is 2.11. The molecule has 0 saturated carbocycles. The largest absolute Gasteiger partial charge is 0.424 e. The fraction of sp³-hybridized carbons (Fsp3) is 0.308. The highest BCUT2D eigenvalue weighted by Crippen LogP contribution is 2.17. The summed E-state index contributed by atoms with van der Waals surface area (Å²) in [6.45, 7) is 4.46. The van der Waals surface area contributed by atoms with Crippen molar-refractivity contribution in [1.29, 1.82) is 0 Å². The van der Waals surface area contributed by atoms with Gasteiger partial charge in [0, 0.05) is 13.3 Å². The molecular formula is C13H14N4O. The number of nitrogens with zero attached hydrogens (tertiary/aromatic N) is 4. The van der Waals surface area contributed by atoms with E-state index in [1.165, 1.54) is 0 Å². The number of rotatable bonds is 3. The molecule has 0 aliphatic carbocycles. The molecule has 0 N–H and O–H groups in total. The number of hydrogen-bond donors (Lipinski definition) is 0. The zero-order valence-corrected chi connectivity index (χ0v) is 10.4. The van der Waals surface area contributed by atoms with E-state index >= 15 is 0 Å². The number of para-hydroxylation sites is 2. The maximum Gasteiger partial charge on any atom is 0.236 e. The van der Waals surface area contributed by atoms with Gasteiger partial charge >= 0.3 is 0 Å². The van der Waals surface area contributed by atoms with Crippen LogP contribution in [-0.4, -0.2) is 19.7 Å². The monoisotopic (exact) mass is 242 g/mol. The van der Waals surface area contributed by atoms with Gasteiger partial charge in [-0.1, -0.05) is 19.1 Å². The van der Waals surface area contributed by atoms with Crippen LogP contribution in [-0.2, 0) is 13.0 Å². The van der Waals surface area contributed by atoms with Crippen molar-refractivity contribution in [3.05, 3.63) is 41.9 Å². The highest BCUT2D eigenvalue weighted by Gasteiger charge is 2.11. The average Bonchev–Trinajstić information content (AvgIpc) is 2.94. The van der Waals surface area contributed by atoms with Gasteiger partial charge in [0.15, 0.2) is 0 Å². The number of aromatic nitrogens is 4. The molecule has 3 rings (SSSR count). The number of imidazole rings is 1. The predicted molar refractivity (Wildman–Crippen MR) is 67.2 cm³/mol. The zero-order valence-electron chi connectivity index (χ0n) is 10.4. The van der Waals surface area contributed by atoms with Crippen molar-refractivity contribution in [2.75, 3.05) is 0 Å². The maximum absolute atomic E-state index is 5.43. The first kappa shape index (κ1) is 11.0. The molecule has 2 aromatic heterocycles. The summed E-state index contributed by atoms with van der Waals surface area (Å²) >= 11 is 0. The maximum atomic E-state index is 5.43. The molecule has 0 saturated heterocycles. The minimum atomic E-state index is 0.574. The highest BCUT2D eigenvalue weighted by atomic mass is 16.4. The molecule has 3 aromatic rings. The van der Waals surface area contributed by atoms with Crippen LogP contribution < -0.4 is 0 Å². The number of aryl methyl sites for hydroxylation is 2. The third kappa shape index (κ3) is 1.77. The Balaban J connectivity index is 2.09. The summed E-state index contributed by atoms with van der Waals surface area (Å²) in [5, 5.41) is 7.89. The van der Waals surface area contributed by atoms with Crippen molar-refractivity contribution >= 4 is 11.0 Å². The summed E-state index contributed by atoms with van der Waals surface area (Å²) in [5.74, 6) is 2.24. The second kappa shape index (κ2) is 4.25. The Hall–Kier alpha value is -2.17. The van der Waals surface area contributed by atoms with Gasteiger partial charge in [-0.05, 0) is 12.1 Å². The molecule has 0 fully saturated rings. The summed E-state index contributed by atoms with van der Waals surface area (Å²) in [6, 6.07) is 8.09. The molecule has 18 heavy (non-hydrogen) atoms. The van der Waals surface area contributed by atoms with Gasteiger partial charge in [-0.25, -0.2) is 4.98 Å². The van der Waals surface area contributed by atoms with Gasteiger partial charge in [0.05, 0.1) is 11.0 Å². The molecule has 5 nitrogen and oxygen atoms in total. The van der Waals surface area contributed by atoms with Gasteiger partial charge in [-0.2, -0.15) is 0 Å². The molecule has 0 amide bonds. The summed E-state index contributed by atoms with van der Waals surface area (Å²) in [6.07, 6.45) is 0.877. The Kier molecular flexibility index (Phi) is 2.59. The Morgan fingerprint density at radius 2 is 2.06 bits per heavy atom. The van der Waals surface area contributed by atoms with Gasteiger partial charge in [-0.15, -0.1) is 10.2 Å². The van der Waals surface area contributed by atoms with E-state index in [2.05, 4.69) is 32.7 Å². The molecule has 0 spiro atoms. The van der Waals surface area contributed by atoms with Gasteiger partial charge in [0.2, 0.25) is 11.8 Å². The molecule has 0 unspecified atom stereocenters. The SMILES string of the molecule is CCc1nc2ccccc2n1Cc1nnc(C)o1. The zero-order chi connectivity index (χ0) is 12.5. The molecule has 0 bridgehead atoms. The van der Waals surface area contributed by atoms with Crippen LogP contribution in [0.1, 0.15) is 24.5 Å². The Bertz CT molecular complexity index is 683. The third-order valence-corrected chi connectivity index (χ3v) is 2.91. The normalized spacial score (nSPS) is 11.2. The van der Waals surface area contributed by atoms with Crippen molar-refractivity contribution in [3.63, 3.8) is 0 Å². The smallest absolute Gasteiger partial charge is 0.236 e. The van der Waals surface area contributed by atoms with Crippen LogP contribution in [0.2, 0.25) is 0 Å². The van der Waals surface area contributed by atoms with Gasteiger partial charge < -0.3 is 8.98 Å². The predicted octanol–water partition coefficient (Wildman–Crippen LogP) is 2.34. The van der Waals surface area contributed by atoms with Crippen molar-refractivity contribution in [2.24, 2.45) is 0 Å². The van der Waals surface area contributed by atoms with Crippen molar-refractivity contribution in [3.8, 4) is 0 Å². The van der Waals surface area contributed by atoms with Crippen LogP contribution in [0.25, 0.3) is 11.0 Å². The highest BCUT2D eigenvalue weighted by molar-refractivity contribution is 5.75. The van der Waals surface area contributed by atoms with Gasteiger partial charge in [0.25, 0.3) is 0 Å². The number of fused-ring (bicyclic) bond motifs is 1. The number of hydrogen-bond acceptors (Lipinski definition) is 4. The lowest BCUT2D eigenvalue weighted by molar-refractivity contribution is 0.454. The molecule has 0 atom stereocenters. The first-order valence-corrected chi connectivity index (χ1v) is 6.01. The minimum Gasteiger partial charge on any atom is -0.424 e. The Morgan fingerprint density at radius 3 is 2.78 bits per heavy atom. The second-order valence-electron chi connectivity index (χ2n) is 4.17. The summed E-state index contributed by atoms with van der Waals surface area (Å²) in [4.78, 5) is 4.61. The van der Waals surface area contributed by atoms with Crippen LogP contribution >= 0.6 is 0 Å². The van der Waals surface area contributed by atoms with Gasteiger partial charge in [0.1, 0.15) is 12.4 Å². The first-order valence-electron chi connectivity index (χ1n) is 6.01. The van der Waals surface area contributed by atoms with E-state index in [-0.39, 0.29) is 0 Å². The summed E-state index contributed by atoms with van der Waals surface area (Å²) < 4.78 is 7.56. The van der Waals surface area contributed by atoms with E-state index in [9.17, 15) is 0 Å². The lowest BCUT2D eigenvalue weighted by atomic mass is 10.3. The minimum absolute atomic E-state index is 0.574. The molecule has 0 radical (unpaired) electrons. The Labute approximate surface area is 104 Å². The van der Waals surface area contributed by atoms with Gasteiger partial charge in [-0.3, -0.25) is 0 Å². The molecule has 2 heterocycles. The summed E-state index contributed by atoms with van der Waals surface area (Å²) in [7, 11) is 0. The molecule has 92 valence electrons. The topological polar surface area (TPSA) is 56.7 Å². The molecular weight excluding hydrogens is 228 g/mol. The van der Waals surface area contributed by atoms with E-state index in [0.717, 1.165) is 23.3 Å².